The molecule has 2 unspecified atom stereocenters. The number of hydrogen-bond acceptors (Lipinski definition) is 1. The SMILES string of the molecule is Cc1cccc(C(Cl)C(C)c2ccncc2)c1F. The van der Waals surface area contributed by atoms with Crippen LogP contribution in [0.2, 0.25) is 0 Å². The summed E-state index contributed by atoms with van der Waals surface area (Å²) < 4.78 is 14.0. The van der Waals surface area contributed by atoms with Crippen molar-refractivity contribution in [3.8, 4) is 0 Å². The first kappa shape index (κ1) is 13.0. The lowest BCUT2D eigenvalue weighted by Gasteiger charge is -2.19. The molecule has 94 valence electrons. The third-order valence-corrected chi connectivity index (χ3v) is 3.80. The molecule has 0 N–H and O–H groups in total. The van der Waals surface area contributed by atoms with E-state index in [4.69, 9.17) is 11.6 Å². The molecule has 0 saturated heterocycles. The second-order valence-corrected chi connectivity index (χ2v) is 4.92. The van der Waals surface area contributed by atoms with Gasteiger partial charge in [-0.1, -0.05) is 25.1 Å². The van der Waals surface area contributed by atoms with E-state index in [1.807, 2.05) is 25.1 Å². The van der Waals surface area contributed by atoms with E-state index in [1.165, 1.54) is 0 Å². The normalized spacial score (nSPS) is 14.2. The summed E-state index contributed by atoms with van der Waals surface area (Å²) >= 11 is 6.41. The molecule has 3 heteroatoms. The van der Waals surface area contributed by atoms with Crippen LogP contribution in [-0.2, 0) is 0 Å². The first-order valence-electron chi connectivity index (χ1n) is 5.90. The zero-order chi connectivity index (χ0) is 13.1. The Hall–Kier alpha value is -1.41. The van der Waals surface area contributed by atoms with E-state index >= 15 is 0 Å². The van der Waals surface area contributed by atoms with Gasteiger partial charge in [-0.25, -0.2) is 4.39 Å². The van der Waals surface area contributed by atoms with Gasteiger partial charge in [0.2, 0.25) is 0 Å². The highest BCUT2D eigenvalue weighted by molar-refractivity contribution is 6.21. The molecular weight excluding hydrogens is 249 g/mol. The molecule has 2 aromatic rings. The summed E-state index contributed by atoms with van der Waals surface area (Å²) in [6.07, 6.45) is 3.45. The number of benzene rings is 1. The van der Waals surface area contributed by atoms with Gasteiger partial charge in [-0.2, -0.15) is 0 Å². The van der Waals surface area contributed by atoms with E-state index in [0.717, 1.165) is 5.56 Å². The van der Waals surface area contributed by atoms with Gasteiger partial charge in [0.15, 0.2) is 0 Å². The highest BCUT2D eigenvalue weighted by Crippen LogP contribution is 2.37. The Labute approximate surface area is 112 Å². The minimum Gasteiger partial charge on any atom is -0.265 e. The van der Waals surface area contributed by atoms with Gasteiger partial charge in [-0.05, 0) is 30.2 Å². The predicted molar refractivity (Wildman–Crippen MR) is 72.4 cm³/mol. The largest absolute Gasteiger partial charge is 0.265 e. The fraction of sp³-hybridized carbons (Fsp3) is 0.267. The maximum absolute atomic E-state index is 14.0. The number of halogens is 2. The van der Waals surface area contributed by atoms with Crippen molar-refractivity contribution in [2.24, 2.45) is 0 Å². The van der Waals surface area contributed by atoms with E-state index in [9.17, 15) is 4.39 Å². The first-order chi connectivity index (χ1) is 8.61. The summed E-state index contributed by atoms with van der Waals surface area (Å²) in [6.45, 7) is 3.74. The smallest absolute Gasteiger partial charge is 0.130 e. The van der Waals surface area contributed by atoms with Crippen LogP contribution < -0.4 is 0 Å². The summed E-state index contributed by atoms with van der Waals surface area (Å²) in [5.41, 5.74) is 2.24. The maximum atomic E-state index is 14.0. The minimum atomic E-state index is -0.382. The predicted octanol–water partition coefficient (Wildman–Crippen LogP) is 4.61. The number of rotatable bonds is 3. The quantitative estimate of drug-likeness (QED) is 0.737. The molecule has 0 saturated carbocycles. The molecule has 1 nitrogen and oxygen atoms in total. The molecule has 18 heavy (non-hydrogen) atoms. The van der Waals surface area contributed by atoms with Gasteiger partial charge in [0, 0.05) is 23.9 Å². The topological polar surface area (TPSA) is 12.9 Å². The highest BCUT2D eigenvalue weighted by atomic mass is 35.5. The Morgan fingerprint density at radius 1 is 1.17 bits per heavy atom. The molecule has 1 heterocycles. The second kappa shape index (κ2) is 5.49. The van der Waals surface area contributed by atoms with Crippen LogP contribution in [-0.4, -0.2) is 4.98 Å². The van der Waals surface area contributed by atoms with E-state index in [-0.39, 0.29) is 17.1 Å². The van der Waals surface area contributed by atoms with Crippen molar-refractivity contribution in [1.29, 1.82) is 0 Å². The number of pyridine rings is 1. The van der Waals surface area contributed by atoms with Crippen molar-refractivity contribution in [3.63, 3.8) is 0 Å². The first-order valence-corrected chi connectivity index (χ1v) is 6.34. The number of nitrogens with zero attached hydrogens (tertiary/aromatic N) is 1. The molecule has 0 bridgehead atoms. The van der Waals surface area contributed by atoms with Crippen molar-refractivity contribution < 1.29 is 4.39 Å². The van der Waals surface area contributed by atoms with Crippen LogP contribution >= 0.6 is 11.6 Å². The summed E-state index contributed by atoms with van der Waals surface area (Å²) in [5.74, 6) is -0.177. The van der Waals surface area contributed by atoms with Crippen LogP contribution in [0, 0.1) is 12.7 Å². The third-order valence-electron chi connectivity index (χ3n) is 3.19. The number of aryl methyl sites for hydroxylation is 1. The summed E-state index contributed by atoms with van der Waals surface area (Å²) in [5, 5.41) is -0.382. The van der Waals surface area contributed by atoms with Crippen molar-refractivity contribution >= 4 is 11.6 Å². The molecule has 0 fully saturated rings. The fourth-order valence-electron chi connectivity index (χ4n) is 1.99. The molecule has 0 amide bonds. The molecule has 0 aliphatic heterocycles. The zero-order valence-corrected chi connectivity index (χ0v) is 11.2. The van der Waals surface area contributed by atoms with Gasteiger partial charge in [-0.15, -0.1) is 11.6 Å². The van der Waals surface area contributed by atoms with Crippen LogP contribution in [0.15, 0.2) is 42.7 Å². The van der Waals surface area contributed by atoms with Crippen LogP contribution in [0.5, 0.6) is 0 Å². The summed E-state index contributed by atoms with van der Waals surface area (Å²) in [7, 11) is 0. The van der Waals surface area contributed by atoms with E-state index in [1.54, 1.807) is 31.5 Å². The third kappa shape index (κ3) is 2.54. The van der Waals surface area contributed by atoms with E-state index < -0.39 is 0 Å². The van der Waals surface area contributed by atoms with Crippen molar-refractivity contribution in [1.82, 2.24) is 4.98 Å². The Balaban J connectivity index is 2.31. The van der Waals surface area contributed by atoms with Crippen LogP contribution in [0.3, 0.4) is 0 Å². The Kier molecular flexibility index (Phi) is 3.97. The van der Waals surface area contributed by atoms with Gasteiger partial charge in [0.05, 0.1) is 5.38 Å². The lowest BCUT2D eigenvalue weighted by molar-refractivity contribution is 0.584. The molecule has 0 radical (unpaired) electrons. The standard InChI is InChI=1S/C15H15ClFN/c1-10-4-3-5-13(15(10)17)14(16)11(2)12-6-8-18-9-7-12/h3-9,11,14H,1-2H3. The van der Waals surface area contributed by atoms with Gasteiger partial charge in [0.1, 0.15) is 5.82 Å². The molecule has 2 atom stereocenters. The van der Waals surface area contributed by atoms with Crippen LogP contribution in [0.1, 0.15) is 34.9 Å². The summed E-state index contributed by atoms with van der Waals surface area (Å²) in [4.78, 5) is 3.97. The number of alkyl halides is 1. The number of aromatic nitrogens is 1. The fourth-order valence-corrected chi connectivity index (χ4v) is 2.30. The Morgan fingerprint density at radius 3 is 2.50 bits per heavy atom. The molecule has 2 rings (SSSR count). The second-order valence-electron chi connectivity index (χ2n) is 4.45. The van der Waals surface area contributed by atoms with Crippen LogP contribution in [0.25, 0.3) is 0 Å². The lowest BCUT2D eigenvalue weighted by Crippen LogP contribution is -2.05. The van der Waals surface area contributed by atoms with E-state index in [0.29, 0.717) is 11.1 Å². The molecule has 0 spiro atoms. The molecular formula is C15H15ClFN. The van der Waals surface area contributed by atoms with Gasteiger partial charge >= 0.3 is 0 Å². The average Bonchev–Trinajstić information content (AvgIpc) is 2.41. The molecule has 1 aromatic heterocycles. The maximum Gasteiger partial charge on any atom is 0.130 e. The van der Waals surface area contributed by atoms with Gasteiger partial charge in [-0.3, -0.25) is 4.98 Å². The lowest BCUT2D eigenvalue weighted by atomic mass is 9.93. The highest BCUT2D eigenvalue weighted by Gasteiger charge is 2.21. The Morgan fingerprint density at radius 2 is 1.83 bits per heavy atom. The molecule has 0 aliphatic carbocycles. The van der Waals surface area contributed by atoms with Crippen molar-refractivity contribution in [2.45, 2.75) is 25.1 Å². The van der Waals surface area contributed by atoms with Crippen molar-refractivity contribution in [2.75, 3.05) is 0 Å². The van der Waals surface area contributed by atoms with Crippen molar-refractivity contribution in [3.05, 3.63) is 65.2 Å². The Bertz CT molecular complexity index is 527. The van der Waals surface area contributed by atoms with E-state index in [2.05, 4.69) is 4.98 Å². The zero-order valence-electron chi connectivity index (χ0n) is 10.4. The number of hydrogen-bond donors (Lipinski definition) is 0. The van der Waals surface area contributed by atoms with Gasteiger partial charge in [0.25, 0.3) is 0 Å². The average molecular weight is 264 g/mol. The molecule has 1 aromatic carbocycles. The monoisotopic (exact) mass is 263 g/mol. The summed E-state index contributed by atoms with van der Waals surface area (Å²) in [6, 6.07) is 9.15. The van der Waals surface area contributed by atoms with Crippen LogP contribution in [0.4, 0.5) is 4.39 Å². The minimum absolute atomic E-state index is 0.0333. The molecule has 0 aliphatic rings. The van der Waals surface area contributed by atoms with Gasteiger partial charge < -0.3 is 0 Å².